The summed E-state index contributed by atoms with van der Waals surface area (Å²) in [5, 5.41) is 2.94. The minimum absolute atomic E-state index is 0.00187. The average molecular weight is 360 g/mol. The van der Waals surface area contributed by atoms with Gasteiger partial charge in [-0.25, -0.2) is 0 Å². The van der Waals surface area contributed by atoms with Crippen LogP contribution in [0.1, 0.15) is 37.0 Å². The van der Waals surface area contributed by atoms with Crippen molar-refractivity contribution >= 4 is 11.8 Å². The molecule has 26 heavy (non-hydrogen) atoms. The van der Waals surface area contributed by atoms with Gasteiger partial charge >= 0.3 is 0 Å². The van der Waals surface area contributed by atoms with Crippen LogP contribution in [0.15, 0.2) is 29.8 Å². The van der Waals surface area contributed by atoms with Gasteiger partial charge in [-0.05, 0) is 50.8 Å². The molecule has 1 N–H and O–H groups in total. The van der Waals surface area contributed by atoms with E-state index < -0.39 is 0 Å². The first-order chi connectivity index (χ1) is 12.4. The van der Waals surface area contributed by atoms with Gasteiger partial charge in [0.2, 0.25) is 5.91 Å². The second kappa shape index (κ2) is 9.27. The molecule has 0 aromatic heterocycles. The summed E-state index contributed by atoms with van der Waals surface area (Å²) in [6.07, 6.45) is 3.37. The predicted molar refractivity (Wildman–Crippen MR) is 101 cm³/mol. The van der Waals surface area contributed by atoms with Crippen LogP contribution in [0.3, 0.4) is 0 Å². The number of rotatable bonds is 6. The third-order valence-corrected chi connectivity index (χ3v) is 4.52. The smallest absolute Gasteiger partial charge is 0.253 e. The maximum atomic E-state index is 12.7. The number of likely N-dealkylation sites (tertiary alicyclic amines) is 1. The lowest BCUT2D eigenvalue weighted by Crippen LogP contribution is -2.41. The minimum atomic E-state index is -0.0474. The van der Waals surface area contributed by atoms with Crippen LogP contribution < -0.4 is 14.8 Å². The quantitative estimate of drug-likeness (QED) is 0.792. The van der Waals surface area contributed by atoms with Gasteiger partial charge in [0.15, 0.2) is 11.5 Å². The summed E-state index contributed by atoms with van der Waals surface area (Å²) in [7, 11) is 3.13. The Balaban J connectivity index is 1.88. The Morgan fingerprint density at radius 2 is 1.81 bits per heavy atom. The van der Waals surface area contributed by atoms with E-state index in [4.69, 9.17) is 9.47 Å². The Morgan fingerprint density at radius 1 is 1.15 bits per heavy atom. The van der Waals surface area contributed by atoms with Gasteiger partial charge in [-0.1, -0.05) is 5.57 Å². The van der Waals surface area contributed by atoms with E-state index in [9.17, 15) is 9.59 Å². The van der Waals surface area contributed by atoms with Crippen LogP contribution in [0, 0.1) is 5.92 Å². The van der Waals surface area contributed by atoms with E-state index in [0.29, 0.717) is 42.6 Å². The van der Waals surface area contributed by atoms with Gasteiger partial charge in [0, 0.05) is 31.3 Å². The maximum Gasteiger partial charge on any atom is 0.253 e. The van der Waals surface area contributed by atoms with Crippen molar-refractivity contribution in [2.45, 2.75) is 26.7 Å². The molecule has 0 spiro atoms. The van der Waals surface area contributed by atoms with Crippen LogP contribution in [0.4, 0.5) is 0 Å². The Labute approximate surface area is 155 Å². The molecule has 0 aliphatic carbocycles. The number of carbonyl (C=O) groups excluding carboxylic acids is 2. The molecule has 6 heteroatoms. The molecule has 1 saturated heterocycles. The lowest BCUT2D eigenvalue weighted by molar-refractivity contribution is -0.116. The largest absolute Gasteiger partial charge is 0.493 e. The molecule has 1 aliphatic rings. The number of nitrogens with zero attached hydrogens (tertiary/aromatic N) is 1. The Bertz CT molecular complexity index is 672. The molecule has 2 rings (SSSR count). The minimum Gasteiger partial charge on any atom is -0.493 e. The molecule has 1 aromatic carbocycles. The fourth-order valence-electron chi connectivity index (χ4n) is 3.05. The van der Waals surface area contributed by atoms with E-state index in [0.717, 1.165) is 18.4 Å². The summed E-state index contributed by atoms with van der Waals surface area (Å²) in [5.41, 5.74) is 1.58. The van der Waals surface area contributed by atoms with Crippen LogP contribution in [0.2, 0.25) is 0 Å². The molecule has 1 heterocycles. The number of piperidine rings is 1. The number of nitrogens with one attached hydrogen (secondary N) is 1. The van der Waals surface area contributed by atoms with Crippen LogP contribution in [-0.4, -0.2) is 50.6 Å². The van der Waals surface area contributed by atoms with Crippen molar-refractivity contribution in [2.75, 3.05) is 33.9 Å². The van der Waals surface area contributed by atoms with Gasteiger partial charge in [0.1, 0.15) is 0 Å². The van der Waals surface area contributed by atoms with Gasteiger partial charge < -0.3 is 19.7 Å². The third-order valence-electron chi connectivity index (χ3n) is 4.52. The van der Waals surface area contributed by atoms with Crippen molar-refractivity contribution in [1.29, 1.82) is 0 Å². The first-order valence-corrected chi connectivity index (χ1v) is 8.88. The second-order valence-corrected chi connectivity index (χ2v) is 6.77. The normalized spacial score (nSPS) is 14.5. The van der Waals surface area contributed by atoms with Gasteiger partial charge in [0.25, 0.3) is 5.91 Å². The molecule has 6 nitrogen and oxygen atoms in total. The van der Waals surface area contributed by atoms with Crippen molar-refractivity contribution in [2.24, 2.45) is 5.92 Å². The highest BCUT2D eigenvalue weighted by Gasteiger charge is 2.24. The fraction of sp³-hybridized carbons (Fsp3) is 0.500. The number of benzene rings is 1. The molecular formula is C20H28N2O4. The molecule has 0 bridgehead atoms. The predicted octanol–water partition coefficient (Wildman–Crippen LogP) is 2.64. The lowest BCUT2D eigenvalue weighted by Gasteiger charge is -2.32. The number of methoxy groups -OCH3 is 2. The van der Waals surface area contributed by atoms with E-state index in [2.05, 4.69) is 5.32 Å². The summed E-state index contributed by atoms with van der Waals surface area (Å²) in [4.78, 5) is 26.3. The zero-order chi connectivity index (χ0) is 19.1. The Kier molecular flexibility index (Phi) is 7.06. The zero-order valence-electron chi connectivity index (χ0n) is 16.0. The molecule has 1 fully saturated rings. The van der Waals surface area contributed by atoms with Gasteiger partial charge in [-0.15, -0.1) is 0 Å². The standard InChI is InChI=1S/C20H28N2O4/c1-14(2)11-19(23)21-13-15-7-9-22(10-8-15)20(24)16-5-6-17(25-3)18(12-16)26-4/h5-6,11-12,15H,7-10,13H2,1-4H3,(H,21,23). The van der Waals surface area contributed by atoms with E-state index in [1.165, 1.54) is 0 Å². The van der Waals surface area contributed by atoms with Crippen molar-refractivity contribution in [3.8, 4) is 11.5 Å². The number of amides is 2. The van der Waals surface area contributed by atoms with Crippen molar-refractivity contribution in [3.63, 3.8) is 0 Å². The molecule has 0 saturated carbocycles. The first-order valence-electron chi connectivity index (χ1n) is 8.88. The summed E-state index contributed by atoms with van der Waals surface area (Å²) in [6.45, 7) is 5.84. The van der Waals surface area contributed by atoms with E-state index >= 15 is 0 Å². The van der Waals surface area contributed by atoms with Crippen LogP contribution >= 0.6 is 0 Å². The van der Waals surface area contributed by atoms with Crippen molar-refractivity contribution in [1.82, 2.24) is 10.2 Å². The summed E-state index contributed by atoms with van der Waals surface area (Å²) in [5.74, 6) is 1.51. The maximum absolute atomic E-state index is 12.7. The first kappa shape index (κ1) is 19.8. The molecule has 0 atom stereocenters. The van der Waals surface area contributed by atoms with E-state index in [1.807, 2.05) is 18.7 Å². The van der Waals surface area contributed by atoms with Crippen LogP contribution in [0.5, 0.6) is 11.5 Å². The molecule has 0 unspecified atom stereocenters. The highest BCUT2D eigenvalue weighted by atomic mass is 16.5. The fourth-order valence-corrected chi connectivity index (χ4v) is 3.05. The number of hydrogen-bond acceptors (Lipinski definition) is 4. The molecule has 0 radical (unpaired) electrons. The summed E-state index contributed by atoms with van der Waals surface area (Å²) < 4.78 is 10.5. The second-order valence-electron chi connectivity index (χ2n) is 6.77. The monoisotopic (exact) mass is 360 g/mol. The topological polar surface area (TPSA) is 67.9 Å². The highest BCUT2D eigenvalue weighted by molar-refractivity contribution is 5.95. The molecule has 1 aliphatic heterocycles. The molecule has 1 aromatic rings. The van der Waals surface area contributed by atoms with Gasteiger partial charge in [-0.3, -0.25) is 9.59 Å². The highest BCUT2D eigenvalue weighted by Crippen LogP contribution is 2.28. The van der Waals surface area contributed by atoms with Crippen LogP contribution in [0.25, 0.3) is 0 Å². The van der Waals surface area contributed by atoms with Crippen LogP contribution in [-0.2, 0) is 4.79 Å². The Morgan fingerprint density at radius 3 is 2.38 bits per heavy atom. The van der Waals surface area contributed by atoms with Crippen molar-refractivity contribution in [3.05, 3.63) is 35.4 Å². The number of hydrogen-bond donors (Lipinski definition) is 1. The summed E-state index contributed by atoms with van der Waals surface area (Å²) in [6, 6.07) is 5.22. The van der Waals surface area contributed by atoms with Crippen molar-refractivity contribution < 1.29 is 19.1 Å². The summed E-state index contributed by atoms with van der Waals surface area (Å²) >= 11 is 0. The lowest BCUT2D eigenvalue weighted by atomic mass is 9.96. The van der Waals surface area contributed by atoms with E-state index in [-0.39, 0.29) is 11.8 Å². The molecule has 142 valence electrons. The molecular weight excluding hydrogens is 332 g/mol. The molecule has 2 amide bonds. The SMILES string of the molecule is COc1ccc(C(=O)N2CCC(CNC(=O)C=C(C)C)CC2)cc1OC. The number of allylic oxidation sites excluding steroid dienone is 1. The number of ether oxygens (including phenoxy) is 2. The van der Waals surface area contributed by atoms with E-state index in [1.54, 1.807) is 38.5 Å². The van der Waals surface area contributed by atoms with Gasteiger partial charge in [0.05, 0.1) is 14.2 Å². The average Bonchev–Trinajstić information content (AvgIpc) is 2.65. The zero-order valence-corrected chi connectivity index (χ0v) is 16.0. The number of carbonyl (C=O) groups is 2. The third kappa shape index (κ3) is 5.25. The van der Waals surface area contributed by atoms with Gasteiger partial charge in [-0.2, -0.15) is 0 Å². The Hall–Kier alpha value is -2.50.